The number of thioether (sulfide) groups is 1. The predicted molar refractivity (Wildman–Crippen MR) is 76.5 cm³/mol. The molecular weight excluding hydrogens is 276 g/mol. The number of rotatable bonds is 2. The van der Waals surface area contributed by atoms with Gasteiger partial charge in [0.2, 0.25) is 0 Å². The van der Waals surface area contributed by atoms with Crippen LogP contribution in [0.25, 0.3) is 0 Å². The van der Waals surface area contributed by atoms with Gasteiger partial charge in [-0.25, -0.2) is 0 Å². The molecule has 1 aromatic rings. The summed E-state index contributed by atoms with van der Waals surface area (Å²) in [6.07, 6.45) is -1.53. The minimum absolute atomic E-state index is 0.178. The van der Waals surface area contributed by atoms with Gasteiger partial charge in [-0.15, -0.1) is 0 Å². The SMILES string of the molecule is C[C@H]1O[C@H](Sc2ccccc2)[C@H]2OC(C)(C)O[C@H]2[C@@H]1O. The van der Waals surface area contributed by atoms with Gasteiger partial charge in [-0.1, -0.05) is 30.0 Å². The molecule has 0 bridgehead atoms. The summed E-state index contributed by atoms with van der Waals surface area (Å²) in [7, 11) is 0. The standard InChI is InChI=1S/C15H20O4S/c1-9-11(16)12-13(19-15(2,3)18-12)14(17-9)20-10-7-5-4-6-8-10/h4-9,11-14,16H,1-3H3/t9-,11-,12+,13+,14-/m1/s1. The number of aliphatic hydroxyl groups excluding tert-OH is 1. The number of hydrogen-bond donors (Lipinski definition) is 1. The lowest BCUT2D eigenvalue weighted by Crippen LogP contribution is -2.54. The molecule has 0 aliphatic carbocycles. The van der Waals surface area contributed by atoms with Gasteiger partial charge in [0.15, 0.2) is 5.79 Å². The number of hydrogen-bond acceptors (Lipinski definition) is 5. The Kier molecular flexibility index (Phi) is 3.81. The van der Waals surface area contributed by atoms with Crippen molar-refractivity contribution in [2.24, 2.45) is 0 Å². The van der Waals surface area contributed by atoms with E-state index in [0.717, 1.165) is 4.90 Å². The summed E-state index contributed by atoms with van der Waals surface area (Å²) in [4.78, 5) is 1.12. The highest BCUT2D eigenvalue weighted by atomic mass is 32.2. The van der Waals surface area contributed by atoms with Crippen molar-refractivity contribution in [3.8, 4) is 0 Å². The second-order valence-corrected chi connectivity index (χ2v) is 6.87. The molecule has 0 saturated carbocycles. The summed E-state index contributed by atoms with van der Waals surface area (Å²) in [6, 6.07) is 10.1. The summed E-state index contributed by atoms with van der Waals surface area (Å²) in [5.41, 5.74) is -0.178. The molecule has 0 radical (unpaired) electrons. The normalized spacial score (nSPS) is 39.5. The molecule has 0 aromatic heterocycles. The molecule has 1 aromatic carbocycles. The summed E-state index contributed by atoms with van der Waals surface area (Å²) in [5, 5.41) is 10.2. The van der Waals surface area contributed by atoms with Crippen LogP contribution in [0.5, 0.6) is 0 Å². The zero-order valence-electron chi connectivity index (χ0n) is 11.9. The lowest BCUT2D eigenvalue weighted by molar-refractivity contribution is -0.159. The van der Waals surface area contributed by atoms with Gasteiger partial charge in [0, 0.05) is 4.90 Å². The van der Waals surface area contributed by atoms with Crippen LogP contribution in [0, 0.1) is 0 Å². The van der Waals surface area contributed by atoms with E-state index in [0.29, 0.717) is 0 Å². The fourth-order valence-corrected chi connectivity index (χ4v) is 3.81. The first kappa shape index (κ1) is 14.4. The highest BCUT2D eigenvalue weighted by molar-refractivity contribution is 7.99. The van der Waals surface area contributed by atoms with Crippen molar-refractivity contribution in [1.29, 1.82) is 0 Å². The molecule has 110 valence electrons. The van der Waals surface area contributed by atoms with Crippen LogP contribution in [0.15, 0.2) is 35.2 Å². The Morgan fingerprint density at radius 3 is 2.45 bits per heavy atom. The molecule has 2 aliphatic rings. The molecule has 2 saturated heterocycles. The Balaban J connectivity index is 1.80. The summed E-state index contributed by atoms with van der Waals surface area (Å²) in [6.45, 7) is 5.61. The third-order valence-electron chi connectivity index (χ3n) is 3.59. The maximum atomic E-state index is 10.2. The first-order valence-corrected chi connectivity index (χ1v) is 7.75. The lowest BCUT2D eigenvalue weighted by atomic mass is 10.0. The van der Waals surface area contributed by atoms with E-state index in [9.17, 15) is 5.11 Å². The Labute approximate surface area is 123 Å². The van der Waals surface area contributed by atoms with Crippen molar-refractivity contribution >= 4 is 11.8 Å². The van der Waals surface area contributed by atoms with Crippen LogP contribution in [0.3, 0.4) is 0 Å². The Morgan fingerprint density at radius 2 is 1.75 bits per heavy atom. The quantitative estimate of drug-likeness (QED) is 0.908. The molecule has 1 N–H and O–H groups in total. The number of benzene rings is 1. The summed E-state index contributed by atoms with van der Waals surface area (Å²) in [5.74, 6) is -0.681. The van der Waals surface area contributed by atoms with Crippen LogP contribution in [0.1, 0.15) is 20.8 Å². The number of aliphatic hydroxyl groups is 1. The van der Waals surface area contributed by atoms with Crippen molar-refractivity contribution in [2.75, 3.05) is 0 Å². The molecule has 20 heavy (non-hydrogen) atoms. The van der Waals surface area contributed by atoms with E-state index in [-0.39, 0.29) is 23.7 Å². The van der Waals surface area contributed by atoms with Gasteiger partial charge in [0.05, 0.1) is 6.10 Å². The van der Waals surface area contributed by atoms with Crippen molar-refractivity contribution in [3.05, 3.63) is 30.3 Å². The molecule has 0 unspecified atom stereocenters. The van der Waals surface area contributed by atoms with Crippen LogP contribution in [-0.2, 0) is 14.2 Å². The maximum Gasteiger partial charge on any atom is 0.164 e. The third kappa shape index (κ3) is 2.73. The number of fused-ring (bicyclic) bond motifs is 1. The molecule has 3 rings (SSSR count). The Bertz CT molecular complexity index is 464. The van der Waals surface area contributed by atoms with Crippen LogP contribution in [-0.4, -0.2) is 40.7 Å². The Morgan fingerprint density at radius 1 is 1.10 bits per heavy atom. The fraction of sp³-hybridized carbons (Fsp3) is 0.600. The molecular formula is C15H20O4S. The van der Waals surface area contributed by atoms with Crippen molar-refractivity contribution < 1.29 is 19.3 Å². The van der Waals surface area contributed by atoms with Crippen LogP contribution in [0.4, 0.5) is 0 Å². The lowest BCUT2D eigenvalue weighted by Gasteiger charge is -2.38. The second-order valence-electron chi connectivity index (χ2n) is 5.70. The van der Waals surface area contributed by atoms with Gasteiger partial charge in [-0.2, -0.15) is 0 Å². The van der Waals surface area contributed by atoms with Crippen LogP contribution >= 0.6 is 11.8 Å². The third-order valence-corrected chi connectivity index (χ3v) is 4.75. The molecule has 2 heterocycles. The van der Waals surface area contributed by atoms with Gasteiger partial charge in [0.1, 0.15) is 23.7 Å². The van der Waals surface area contributed by atoms with E-state index >= 15 is 0 Å². The van der Waals surface area contributed by atoms with E-state index in [1.807, 2.05) is 51.1 Å². The van der Waals surface area contributed by atoms with Crippen molar-refractivity contribution in [3.63, 3.8) is 0 Å². The summed E-state index contributed by atoms with van der Waals surface area (Å²) >= 11 is 1.61. The van der Waals surface area contributed by atoms with E-state index in [2.05, 4.69) is 0 Å². The first-order chi connectivity index (χ1) is 9.46. The van der Waals surface area contributed by atoms with Gasteiger partial charge >= 0.3 is 0 Å². The highest BCUT2D eigenvalue weighted by Gasteiger charge is 2.54. The van der Waals surface area contributed by atoms with E-state index in [1.54, 1.807) is 11.8 Å². The molecule has 5 heteroatoms. The van der Waals surface area contributed by atoms with E-state index in [1.165, 1.54) is 0 Å². The fourth-order valence-electron chi connectivity index (χ4n) is 2.66. The zero-order chi connectivity index (χ0) is 14.3. The van der Waals surface area contributed by atoms with Crippen molar-refractivity contribution in [2.45, 2.75) is 61.3 Å². The van der Waals surface area contributed by atoms with Gasteiger partial charge in [0.25, 0.3) is 0 Å². The molecule has 2 aliphatic heterocycles. The first-order valence-electron chi connectivity index (χ1n) is 6.87. The predicted octanol–water partition coefficient (Wildman–Crippen LogP) is 2.40. The van der Waals surface area contributed by atoms with Crippen LogP contribution < -0.4 is 0 Å². The van der Waals surface area contributed by atoms with Crippen molar-refractivity contribution in [1.82, 2.24) is 0 Å². The van der Waals surface area contributed by atoms with E-state index in [4.69, 9.17) is 14.2 Å². The minimum Gasteiger partial charge on any atom is -0.388 e. The van der Waals surface area contributed by atoms with Crippen LogP contribution in [0.2, 0.25) is 0 Å². The largest absolute Gasteiger partial charge is 0.388 e. The molecule has 0 spiro atoms. The maximum absolute atomic E-state index is 10.2. The van der Waals surface area contributed by atoms with Gasteiger partial charge in [-0.3, -0.25) is 0 Å². The monoisotopic (exact) mass is 296 g/mol. The zero-order valence-corrected chi connectivity index (χ0v) is 12.7. The van der Waals surface area contributed by atoms with Gasteiger partial charge < -0.3 is 19.3 Å². The molecule has 0 amide bonds. The minimum atomic E-state index is -0.681. The molecule has 2 fully saturated rings. The topological polar surface area (TPSA) is 47.9 Å². The number of ether oxygens (including phenoxy) is 3. The molecule has 5 atom stereocenters. The Hall–Kier alpha value is -0.590. The van der Waals surface area contributed by atoms with Gasteiger partial charge in [-0.05, 0) is 32.9 Å². The average molecular weight is 296 g/mol. The summed E-state index contributed by atoms with van der Waals surface area (Å²) < 4.78 is 17.7. The second kappa shape index (κ2) is 5.31. The smallest absolute Gasteiger partial charge is 0.164 e. The molecule has 4 nitrogen and oxygen atoms in total. The highest BCUT2D eigenvalue weighted by Crippen LogP contribution is 2.42. The van der Waals surface area contributed by atoms with E-state index < -0.39 is 11.9 Å². The average Bonchev–Trinajstić information content (AvgIpc) is 2.73.